The van der Waals surface area contributed by atoms with Crippen LogP contribution in [0.4, 0.5) is 0 Å². The predicted octanol–water partition coefficient (Wildman–Crippen LogP) is 3.66. The number of carbonyl (C=O) groups is 2. The lowest BCUT2D eigenvalue weighted by molar-refractivity contribution is -0.302. The Morgan fingerprint density at radius 2 is 1.48 bits per heavy atom. The molecule has 0 amide bonds. The Labute approximate surface area is 187 Å². The molecule has 2 rings (SSSR count). The molecule has 1 radical (unpaired) electrons. The fourth-order valence-corrected chi connectivity index (χ4v) is 5.25. The Bertz CT molecular complexity index is 657. The molecule has 0 aromatic heterocycles. The smallest absolute Gasteiger partial charge is 0.349 e. The molecule has 0 aliphatic carbocycles. The van der Waals surface area contributed by atoms with E-state index >= 15 is 0 Å². The van der Waals surface area contributed by atoms with E-state index in [1.54, 1.807) is 13.8 Å². The second kappa shape index (κ2) is 8.96. The van der Waals surface area contributed by atoms with E-state index in [1.165, 1.54) is 7.11 Å². The van der Waals surface area contributed by atoms with Crippen molar-refractivity contribution in [3.05, 3.63) is 0 Å². The van der Waals surface area contributed by atoms with E-state index < -0.39 is 35.0 Å². The standard InChI is InChI=1S/C23H41N2O6/c1-20(2)14-11-16(23(7,8)24(20)28)18(26)31-17(19(27)29-9)15-30-25-21(3,4)12-10-13-22(25,5)6/h16-17H,10-15H2,1-9H3. The average Bonchev–Trinajstić information content (AvgIpc) is 2.63. The van der Waals surface area contributed by atoms with E-state index in [4.69, 9.17) is 14.3 Å². The lowest BCUT2D eigenvalue weighted by Crippen LogP contribution is -2.62. The van der Waals surface area contributed by atoms with Gasteiger partial charge in [0.15, 0.2) is 0 Å². The molecule has 0 aromatic rings. The number of hydrogen-bond acceptors (Lipinski definition) is 7. The van der Waals surface area contributed by atoms with Gasteiger partial charge in [0.1, 0.15) is 6.61 Å². The van der Waals surface area contributed by atoms with Gasteiger partial charge in [0, 0.05) is 16.6 Å². The highest BCUT2D eigenvalue weighted by Crippen LogP contribution is 2.42. The summed E-state index contributed by atoms with van der Waals surface area (Å²) in [6, 6.07) is 0. The summed E-state index contributed by atoms with van der Waals surface area (Å²) in [6.07, 6.45) is 2.90. The van der Waals surface area contributed by atoms with Crippen LogP contribution in [0.25, 0.3) is 0 Å². The molecule has 0 N–H and O–H groups in total. The van der Waals surface area contributed by atoms with E-state index in [1.807, 2.05) is 18.9 Å². The number of piperidine rings is 2. The fourth-order valence-electron chi connectivity index (χ4n) is 5.25. The first-order valence-corrected chi connectivity index (χ1v) is 11.3. The minimum atomic E-state index is -1.20. The molecule has 8 nitrogen and oxygen atoms in total. The van der Waals surface area contributed by atoms with Crippen molar-refractivity contribution in [2.75, 3.05) is 13.7 Å². The van der Waals surface area contributed by atoms with Crippen LogP contribution in [0.1, 0.15) is 87.5 Å². The van der Waals surface area contributed by atoms with E-state index in [0.717, 1.165) is 24.3 Å². The fraction of sp³-hybridized carbons (Fsp3) is 0.913. The minimum Gasteiger partial charge on any atom is -0.466 e. The van der Waals surface area contributed by atoms with E-state index in [9.17, 15) is 14.8 Å². The molecule has 2 unspecified atom stereocenters. The number of hydrogen-bond donors (Lipinski definition) is 0. The predicted molar refractivity (Wildman–Crippen MR) is 115 cm³/mol. The molecule has 2 aliphatic rings. The monoisotopic (exact) mass is 441 g/mol. The third kappa shape index (κ3) is 5.41. The van der Waals surface area contributed by atoms with Crippen molar-refractivity contribution in [2.45, 2.75) is 116 Å². The van der Waals surface area contributed by atoms with Crippen molar-refractivity contribution < 1.29 is 29.1 Å². The first-order valence-electron chi connectivity index (χ1n) is 11.3. The summed E-state index contributed by atoms with van der Waals surface area (Å²) in [6.45, 7) is 15.5. The van der Waals surface area contributed by atoms with Gasteiger partial charge in [-0.15, -0.1) is 10.3 Å². The molecule has 2 saturated heterocycles. The normalized spacial score (nSPS) is 28.5. The van der Waals surface area contributed by atoms with Gasteiger partial charge in [-0.2, -0.15) is 5.06 Å². The van der Waals surface area contributed by atoms with Crippen LogP contribution in [0.5, 0.6) is 0 Å². The van der Waals surface area contributed by atoms with Gasteiger partial charge in [0.2, 0.25) is 6.10 Å². The molecular weight excluding hydrogens is 400 g/mol. The molecule has 0 spiro atoms. The number of ether oxygens (including phenoxy) is 2. The van der Waals surface area contributed by atoms with Crippen LogP contribution in [0.15, 0.2) is 0 Å². The molecule has 31 heavy (non-hydrogen) atoms. The summed E-state index contributed by atoms with van der Waals surface area (Å²) < 4.78 is 10.5. The Balaban J connectivity index is 2.13. The Hall–Kier alpha value is -1.22. The zero-order valence-corrected chi connectivity index (χ0v) is 20.7. The van der Waals surface area contributed by atoms with Gasteiger partial charge in [-0.3, -0.25) is 9.63 Å². The van der Waals surface area contributed by atoms with E-state index in [0.29, 0.717) is 12.8 Å². The Morgan fingerprint density at radius 1 is 0.935 bits per heavy atom. The van der Waals surface area contributed by atoms with Gasteiger partial charge in [-0.25, -0.2) is 4.79 Å². The Morgan fingerprint density at radius 3 is 2.00 bits per heavy atom. The summed E-state index contributed by atoms with van der Waals surface area (Å²) >= 11 is 0. The first-order chi connectivity index (χ1) is 14.1. The summed E-state index contributed by atoms with van der Waals surface area (Å²) in [7, 11) is 1.25. The number of esters is 2. The molecule has 0 bridgehead atoms. The van der Waals surface area contributed by atoms with Gasteiger partial charge in [0.05, 0.1) is 18.6 Å². The molecule has 2 aliphatic heterocycles. The largest absolute Gasteiger partial charge is 0.466 e. The molecule has 8 heteroatoms. The van der Waals surface area contributed by atoms with Crippen molar-refractivity contribution in [1.29, 1.82) is 0 Å². The Kier molecular flexibility index (Phi) is 7.53. The first kappa shape index (κ1) is 26.0. The van der Waals surface area contributed by atoms with Crippen LogP contribution >= 0.6 is 0 Å². The van der Waals surface area contributed by atoms with Crippen molar-refractivity contribution in [3.63, 3.8) is 0 Å². The number of rotatable bonds is 6. The number of nitrogens with zero attached hydrogens (tertiary/aromatic N) is 2. The van der Waals surface area contributed by atoms with Gasteiger partial charge < -0.3 is 9.47 Å². The van der Waals surface area contributed by atoms with Crippen LogP contribution in [0.2, 0.25) is 0 Å². The third-order valence-electron chi connectivity index (χ3n) is 7.01. The molecule has 0 saturated carbocycles. The molecule has 179 valence electrons. The van der Waals surface area contributed by atoms with Gasteiger partial charge in [0.25, 0.3) is 0 Å². The van der Waals surface area contributed by atoms with E-state index in [-0.39, 0.29) is 17.7 Å². The molecule has 2 heterocycles. The highest BCUT2D eigenvalue weighted by atomic mass is 16.7. The maximum Gasteiger partial charge on any atom is 0.349 e. The maximum absolute atomic E-state index is 13.0. The van der Waals surface area contributed by atoms with Crippen molar-refractivity contribution in [3.8, 4) is 0 Å². The van der Waals surface area contributed by atoms with Crippen LogP contribution < -0.4 is 0 Å². The van der Waals surface area contributed by atoms with Crippen LogP contribution in [0.3, 0.4) is 0 Å². The zero-order valence-electron chi connectivity index (χ0n) is 20.7. The van der Waals surface area contributed by atoms with Crippen molar-refractivity contribution in [2.24, 2.45) is 5.92 Å². The summed E-state index contributed by atoms with van der Waals surface area (Å²) in [5, 5.41) is 15.7. The van der Waals surface area contributed by atoms with Gasteiger partial charge >= 0.3 is 11.9 Å². The summed E-state index contributed by atoms with van der Waals surface area (Å²) in [5.74, 6) is -1.89. The van der Waals surface area contributed by atoms with Crippen molar-refractivity contribution >= 4 is 11.9 Å². The molecule has 2 atom stereocenters. The zero-order chi connectivity index (χ0) is 23.8. The van der Waals surface area contributed by atoms with Crippen LogP contribution in [-0.2, 0) is 29.1 Å². The third-order valence-corrected chi connectivity index (χ3v) is 7.01. The average molecular weight is 442 g/mol. The molecular formula is C23H41N2O6. The minimum absolute atomic E-state index is 0.134. The van der Waals surface area contributed by atoms with Gasteiger partial charge in [-0.1, -0.05) is 0 Å². The molecule has 0 aromatic carbocycles. The topological polar surface area (TPSA) is 88.2 Å². The van der Waals surface area contributed by atoms with Crippen LogP contribution in [-0.4, -0.2) is 64.0 Å². The second-order valence-electron chi connectivity index (χ2n) is 11.4. The lowest BCUT2D eigenvalue weighted by atomic mass is 9.74. The van der Waals surface area contributed by atoms with Crippen LogP contribution in [0, 0.1) is 5.92 Å². The van der Waals surface area contributed by atoms with Crippen molar-refractivity contribution in [1.82, 2.24) is 10.1 Å². The summed E-state index contributed by atoms with van der Waals surface area (Å²) in [5.41, 5.74) is -1.94. The molecule has 2 fully saturated rings. The van der Waals surface area contributed by atoms with Gasteiger partial charge in [-0.05, 0) is 87.5 Å². The summed E-state index contributed by atoms with van der Waals surface area (Å²) in [4.78, 5) is 31.5. The quantitative estimate of drug-likeness (QED) is 0.581. The van der Waals surface area contributed by atoms with E-state index in [2.05, 4.69) is 27.7 Å². The number of carbonyl (C=O) groups excluding carboxylic acids is 2. The lowest BCUT2D eigenvalue weighted by Gasteiger charge is -2.51. The second-order valence-corrected chi connectivity index (χ2v) is 11.4. The SMILES string of the molecule is COC(=O)C(CON1C(C)(C)CCCC1(C)C)OC(=O)C1CCC(C)(C)N([O])C1(C)C. The highest BCUT2D eigenvalue weighted by Gasteiger charge is 2.52. The number of hydroxylamine groups is 4. The number of methoxy groups -OCH3 is 1. The highest BCUT2D eigenvalue weighted by molar-refractivity contribution is 5.81. The maximum atomic E-state index is 13.0.